The van der Waals surface area contributed by atoms with E-state index in [-0.39, 0.29) is 12.0 Å². The quantitative estimate of drug-likeness (QED) is 0.853. The van der Waals surface area contributed by atoms with E-state index >= 15 is 0 Å². The third-order valence-corrected chi connectivity index (χ3v) is 3.79. The Morgan fingerprint density at radius 2 is 2.15 bits per heavy atom. The normalized spacial score (nSPS) is 23.1. The fraction of sp³-hybridized carbons (Fsp3) is 0.714. The van der Waals surface area contributed by atoms with Crippen LogP contribution in [0.3, 0.4) is 0 Å². The van der Waals surface area contributed by atoms with Crippen LogP contribution in [0.25, 0.3) is 0 Å². The Hall–Kier alpha value is -1.40. The number of hydrogen-bond acceptors (Lipinski definition) is 6. The fourth-order valence-electron chi connectivity index (χ4n) is 3.05. The van der Waals surface area contributed by atoms with E-state index in [0.717, 1.165) is 38.3 Å². The summed E-state index contributed by atoms with van der Waals surface area (Å²) in [7, 11) is 5.69. The van der Waals surface area contributed by atoms with Gasteiger partial charge in [-0.1, -0.05) is 0 Å². The second-order valence-corrected chi connectivity index (χ2v) is 5.81. The summed E-state index contributed by atoms with van der Waals surface area (Å²) in [6, 6.07) is 0. The molecule has 0 saturated carbocycles. The van der Waals surface area contributed by atoms with E-state index in [1.54, 1.807) is 19.5 Å². The molecule has 0 radical (unpaired) electrons. The Kier molecular flexibility index (Phi) is 4.77. The second kappa shape index (κ2) is 6.37. The summed E-state index contributed by atoms with van der Waals surface area (Å²) in [5, 5.41) is 9.86. The summed E-state index contributed by atoms with van der Waals surface area (Å²) in [4.78, 5) is 12.9. The maximum absolute atomic E-state index is 9.86. The van der Waals surface area contributed by atoms with Crippen LogP contribution in [0.2, 0.25) is 0 Å². The number of ether oxygens (including phenoxy) is 1. The van der Waals surface area contributed by atoms with Gasteiger partial charge in [-0.15, -0.1) is 0 Å². The lowest BCUT2D eigenvalue weighted by atomic mass is 9.80. The molecule has 6 heteroatoms. The Morgan fingerprint density at radius 3 is 2.80 bits per heavy atom. The van der Waals surface area contributed by atoms with Crippen molar-refractivity contribution >= 4 is 5.82 Å². The van der Waals surface area contributed by atoms with Gasteiger partial charge in [0.25, 0.3) is 5.88 Å². The maximum Gasteiger partial charge on any atom is 0.257 e. The molecule has 1 atom stereocenters. The van der Waals surface area contributed by atoms with E-state index < -0.39 is 0 Å². The van der Waals surface area contributed by atoms with Crippen LogP contribution in [0.4, 0.5) is 5.82 Å². The van der Waals surface area contributed by atoms with Crippen molar-refractivity contribution in [2.24, 2.45) is 5.41 Å². The van der Waals surface area contributed by atoms with Crippen molar-refractivity contribution in [2.45, 2.75) is 12.8 Å². The van der Waals surface area contributed by atoms with Crippen molar-refractivity contribution < 1.29 is 9.84 Å². The molecule has 1 N–H and O–H groups in total. The Labute approximate surface area is 120 Å². The predicted molar refractivity (Wildman–Crippen MR) is 78.1 cm³/mol. The largest absolute Gasteiger partial charge is 0.478 e. The average molecular weight is 280 g/mol. The lowest BCUT2D eigenvalue weighted by molar-refractivity contribution is 0.0758. The van der Waals surface area contributed by atoms with E-state index in [1.807, 2.05) is 14.1 Å². The van der Waals surface area contributed by atoms with Gasteiger partial charge in [0.05, 0.1) is 13.7 Å². The van der Waals surface area contributed by atoms with E-state index in [9.17, 15) is 5.11 Å². The molecule has 1 aliphatic heterocycles. The van der Waals surface area contributed by atoms with Crippen molar-refractivity contribution in [1.29, 1.82) is 0 Å². The number of aliphatic hydroxyl groups is 1. The van der Waals surface area contributed by atoms with Crippen LogP contribution in [0, 0.1) is 5.41 Å². The van der Waals surface area contributed by atoms with Gasteiger partial charge in [-0.2, -0.15) is 0 Å². The molecule has 0 amide bonds. The van der Waals surface area contributed by atoms with Gasteiger partial charge >= 0.3 is 0 Å². The maximum atomic E-state index is 9.86. The van der Waals surface area contributed by atoms with Crippen molar-refractivity contribution in [1.82, 2.24) is 14.9 Å². The highest BCUT2D eigenvalue weighted by Gasteiger charge is 2.36. The van der Waals surface area contributed by atoms with Crippen molar-refractivity contribution in [3.05, 3.63) is 12.4 Å². The number of methoxy groups -OCH3 is 1. The standard InChI is InChI=1S/C14H24N4O2/c1-17(2)9-14(11-19)5-4-8-18(10-14)12-13(20-3)16-7-6-15-12/h6-7,19H,4-5,8-11H2,1-3H3. The molecular weight excluding hydrogens is 256 g/mol. The topological polar surface area (TPSA) is 61.7 Å². The van der Waals surface area contributed by atoms with E-state index in [2.05, 4.69) is 19.8 Å². The molecule has 6 nitrogen and oxygen atoms in total. The zero-order valence-corrected chi connectivity index (χ0v) is 12.5. The molecule has 2 rings (SSSR count). The number of aliphatic hydroxyl groups excluding tert-OH is 1. The van der Waals surface area contributed by atoms with Gasteiger partial charge < -0.3 is 19.6 Å². The molecular formula is C14H24N4O2. The number of rotatable bonds is 5. The third kappa shape index (κ3) is 3.19. The third-order valence-electron chi connectivity index (χ3n) is 3.79. The summed E-state index contributed by atoms with van der Waals surface area (Å²) < 4.78 is 5.29. The lowest BCUT2D eigenvalue weighted by Crippen LogP contribution is -2.50. The highest BCUT2D eigenvalue weighted by molar-refractivity contribution is 5.48. The molecule has 1 saturated heterocycles. The average Bonchev–Trinajstić information content (AvgIpc) is 2.46. The van der Waals surface area contributed by atoms with Gasteiger partial charge in [0.15, 0.2) is 5.82 Å². The SMILES string of the molecule is COc1nccnc1N1CCCC(CO)(CN(C)C)C1. The Morgan fingerprint density at radius 1 is 1.40 bits per heavy atom. The molecule has 1 aliphatic rings. The number of hydrogen-bond donors (Lipinski definition) is 1. The smallest absolute Gasteiger partial charge is 0.257 e. The van der Waals surface area contributed by atoms with E-state index in [1.165, 1.54) is 0 Å². The zero-order chi connectivity index (χ0) is 14.6. The number of aromatic nitrogens is 2. The number of anilines is 1. The van der Waals surface area contributed by atoms with Gasteiger partial charge in [-0.25, -0.2) is 9.97 Å². The minimum Gasteiger partial charge on any atom is -0.478 e. The monoisotopic (exact) mass is 280 g/mol. The first-order valence-corrected chi connectivity index (χ1v) is 6.96. The molecule has 112 valence electrons. The van der Waals surface area contributed by atoms with Crippen molar-refractivity contribution in [2.75, 3.05) is 52.3 Å². The molecule has 0 bridgehead atoms. The minimum absolute atomic E-state index is 0.107. The van der Waals surface area contributed by atoms with E-state index in [0.29, 0.717) is 5.88 Å². The van der Waals surface area contributed by atoms with E-state index in [4.69, 9.17) is 4.74 Å². The number of piperidine rings is 1. The first-order chi connectivity index (χ1) is 9.60. The van der Waals surface area contributed by atoms with Crippen molar-refractivity contribution in [3.63, 3.8) is 0 Å². The van der Waals surface area contributed by atoms with Gasteiger partial charge in [0, 0.05) is 37.4 Å². The number of nitrogens with zero attached hydrogens (tertiary/aromatic N) is 4. The van der Waals surface area contributed by atoms with Gasteiger partial charge in [0.1, 0.15) is 0 Å². The van der Waals surface area contributed by atoms with Gasteiger partial charge in [-0.3, -0.25) is 0 Å². The first-order valence-electron chi connectivity index (χ1n) is 6.96. The zero-order valence-electron chi connectivity index (χ0n) is 12.5. The molecule has 1 aromatic rings. The first kappa shape index (κ1) is 15.0. The molecule has 2 heterocycles. The summed E-state index contributed by atoms with van der Waals surface area (Å²) in [5.41, 5.74) is -0.107. The molecule has 0 aromatic carbocycles. The summed E-state index contributed by atoms with van der Waals surface area (Å²) >= 11 is 0. The molecule has 1 fully saturated rings. The summed E-state index contributed by atoms with van der Waals surface area (Å²) in [6.07, 6.45) is 5.37. The predicted octanol–water partition coefficient (Wildman–Crippen LogP) is 0.626. The van der Waals surface area contributed by atoms with Crippen LogP contribution in [0.15, 0.2) is 12.4 Å². The van der Waals surface area contributed by atoms with Crippen LogP contribution in [-0.2, 0) is 0 Å². The Balaban J connectivity index is 2.21. The summed E-state index contributed by atoms with van der Waals surface area (Å²) in [6.45, 7) is 2.74. The highest BCUT2D eigenvalue weighted by Crippen LogP contribution is 2.34. The van der Waals surface area contributed by atoms with Gasteiger partial charge in [-0.05, 0) is 26.9 Å². The lowest BCUT2D eigenvalue weighted by Gasteiger charge is -2.43. The molecule has 1 unspecified atom stereocenters. The summed E-state index contributed by atoms with van der Waals surface area (Å²) in [5.74, 6) is 1.32. The molecule has 0 aliphatic carbocycles. The molecule has 0 spiro atoms. The van der Waals surface area contributed by atoms with Crippen LogP contribution < -0.4 is 9.64 Å². The Bertz CT molecular complexity index is 441. The van der Waals surface area contributed by atoms with Crippen LogP contribution in [0.1, 0.15) is 12.8 Å². The molecule has 20 heavy (non-hydrogen) atoms. The minimum atomic E-state index is -0.107. The van der Waals surface area contributed by atoms with Crippen molar-refractivity contribution in [3.8, 4) is 5.88 Å². The van der Waals surface area contributed by atoms with Crippen LogP contribution in [0.5, 0.6) is 5.88 Å². The molecule has 1 aromatic heterocycles. The highest BCUT2D eigenvalue weighted by atomic mass is 16.5. The van der Waals surface area contributed by atoms with Crippen LogP contribution >= 0.6 is 0 Å². The van der Waals surface area contributed by atoms with Gasteiger partial charge in [0.2, 0.25) is 0 Å². The fourth-order valence-corrected chi connectivity index (χ4v) is 3.05. The van der Waals surface area contributed by atoms with Crippen LogP contribution in [-0.4, -0.2) is 67.4 Å². The second-order valence-electron chi connectivity index (χ2n) is 5.81.